The van der Waals surface area contributed by atoms with Gasteiger partial charge in [-0.25, -0.2) is 4.39 Å². The number of halogens is 1. The van der Waals surface area contributed by atoms with Gasteiger partial charge in [0, 0.05) is 12.6 Å². The van der Waals surface area contributed by atoms with E-state index in [1.165, 1.54) is 24.3 Å². The fourth-order valence-corrected chi connectivity index (χ4v) is 3.36. The molecule has 166 valence electrons. The molecule has 0 radical (unpaired) electrons. The first-order valence-corrected chi connectivity index (χ1v) is 10.5. The summed E-state index contributed by atoms with van der Waals surface area (Å²) < 4.78 is 20.5. The van der Waals surface area contributed by atoms with Crippen molar-refractivity contribution in [3.8, 4) is 22.8 Å². The minimum atomic E-state index is -0.350. The van der Waals surface area contributed by atoms with E-state index in [2.05, 4.69) is 10.3 Å². The number of rotatable bonds is 7. The number of anilines is 1. The van der Waals surface area contributed by atoms with Crippen molar-refractivity contribution in [2.75, 3.05) is 5.32 Å². The summed E-state index contributed by atoms with van der Waals surface area (Å²) in [7, 11) is 0. The molecule has 0 unspecified atom stereocenters. The number of hydrogen-bond donors (Lipinski definition) is 1. The van der Waals surface area contributed by atoms with Gasteiger partial charge in [0.25, 0.3) is 5.56 Å². The van der Waals surface area contributed by atoms with E-state index in [1.54, 1.807) is 36.0 Å². The molecule has 33 heavy (non-hydrogen) atoms. The fraction of sp³-hybridized carbons (Fsp3) is 0.115. The summed E-state index contributed by atoms with van der Waals surface area (Å²) in [6.07, 6.45) is 3.47. The number of pyridine rings is 2. The molecule has 0 atom stereocenters. The summed E-state index contributed by atoms with van der Waals surface area (Å²) in [4.78, 5) is 29.4. The number of hydrogen-bond acceptors (Lipinski definition) is 4. The summed E-state index contributed by atoms with van der Waals surface area (Å²) >= 11 is 0. The van der Waals surface area contributed by atoms with Gasteiger partial charge in [0.05, 0.1) is 18.4 Å². The van der Waals surface area contributed by atoms with Gasteiger partial charge in [-0.15, -0.1) is 0 Å². The maximum atomic E-state index is 13.3. The Hall–Kier alpha value is -4.26. The van der Waals surface area contributed by atoms with Crippen molar-refractivity contribution in [2.45, 2.75) is 19.9 Å². The number of amides is 1. The number of benzene rings is 2. The van der Waals surface area contributed by atoms with Crippen molar-refractivity contribution < 1.29 is 13.9 Å². The van der Waals surface area contributed by atoms with Crippen LogP contribution in [0.15, 0.2) is 90.0 Å². The van der Waals surface area contributed by atoms with Crippen molar-refractivity contribution in [1.29, 1.82) is 0 Å². The van der Waals surface area contributed by atoms with Crippen LogP contribution in [0.3, 0.4) is 0 Å². The standard InChI is InChI=1S/C26H22FN3O3/c1-2-25(31)29-23-12-13-24(19-6-4-3-5-7-19)30(26(23)32)17-18-14-22(16-28-15-18)33-21-10-8-20(27)9-11-21/h3-16H,2,17H2,1H3,(H,29,31). The number of carbonyl (C=O) groups excluding carboxylic acids is 1. The van der Waals surface area contributed by atoms with Crippen LogP contribution in [0.4, 0.5) is 10.1 Å². The Morgan fingerprint density at radius 2 is 1.76 bits per heavy atom. The first-order chi connectivity index (χ1) is 16.0. The number of aromatic nitrogens is 2. The average molecular weight is 443 g/mol. The van der Waals surface area contributed by atoms with Gasteiger partial charge < -0.3 is 14.6 Å². The Morgan fingerprint density at radius 1 is 1.00 bits per heavy atom. The molecule has 4 rings (SSSR count). The van der Waals surface area contributed by atoms with Crippen molar-refractivity contribution in [3.63, 3.8) is 0 Å². The molecule has 2 aromatic carbocycles. The third-order valence-corrected chi connectivity index (χ3v) is 5.00. The molecular weight excluding hydrogens is 421 g/mol. The minimum Gasteiger partial charge on any atom is -0.456 e. The molecule has 0 fully saturated rings. The average Bonchev–Trinajstić information content (AvgIpc) is 2.84. The molecule has 1 amide bonds. The zero-order valence-corrected chi connectivity index (χ0v) is 18.0. The first-order valence-electron chi connectivity index (χ1n) is 10.5. The Balaban J connectivity index is 1.70. The molecule has 2 heterocycles. The van der Waals surface area contributed by atoms with Gasteiger partial charge in [0.15, 0.2) is 0 Å². The van der Waals surface area contributed by atoms with Gasteiger partial charge in [-0.2, -0.15) is 0 Å². The normalized spacial score (nSPS) is 10.6. The predicted molar refractivity (Wildman–Crippen MR) is 125 cm³/mol. The first kappa shape index (κ1) is 22.0. The molecule has 0 saturated carbocycles. The van der Waals surface area contributed by atoms with Gasteiger partial charge in [0.1, 0.15) is 23.0 Å². The second kappa shape index (κ2) is 9.91. The van der Waals surface area contributed by atoms with Crippen LogP contribution in [0.1, 0.15) is 18.9 Å². The van der Waals surface area contributed by atoms with Gasteiger partial charge in [0.2, 0.25) is 5.91 Å². The number of ether oxygens (including phenoxy) is 1. The van der Waals surface area contributed by atoms with Crippen LogP contribution < -0.4 is 15.6 Å². The highest BCUT2D eigenvalue weighted by atomic mass is 19.1. The lowest BCUT2D eigenvalue weighted by Gasteiger charge is -2.16. The molecule has 0 aliphatic carbocycles. The molecule has 2 aromatic heterocycles. The van der Waals surface area contributed by atoms with Gasteiger partial charge in [-0.1, -0.05) is 37.3 Å². The smallest absolute Gasteiger partial charge is 0.275 e. The Bertz CT molecular complexity index is 1320. The molecule has 0 saturated heterocycles. The molecule has 4 aromatic rings. The van der Waals surface area contributed by atoms with E-state index in [0.29, 0.717) is 17.2 Å². The van der Waals surface area contributed by atoms with Crippen LogP contribution in [0, 0.1) is 5.82 Å². The zero-order valence-electron chi connectivity index (χ0n) is 18.0. The van der Waals surface area contributed by atoms with E-state index in [1.807, 2.05) is 36.4 Å². The van der Waals surface area contributed by atoms with Crippen LogP contribution in [-0.2, 0) is 11.3 Å². The molecule has 0 spiro atoms. The molecule has 6 nitrogen and oxygen atoms in total. The Morgan fingerprint density at radius 3 is 2.48 bits per heavy atom. The molecular formula is C26H22FN3O3. The van der Waals surface area contributed by atoms with E-state index in [9.17, 15) is 14.0 Å². The summed E-state index contributed by atoms with van der Waals surface area (Å²) in [5, 5.41) is 2.67. The third kappa shape index (κ3) is 5.33. The summed E-state index contributed by atoms with van der Waals surface area (Å²) in [5.74, 6) is 0.352. The number of nitrogens with zero attached hydrogens (tertiary/aromatic N) is 2. The summed E-state index contributed by atoms with van der Waals surface area (Å²) in [6, 6.07) is 20.4. The largest absolute Gasteiger partial charge is 0.456 e. The van der Waals surface area contributed by atoms with Crippen LogP contribution in [0.2, 0.25) is 0 Å². The Kier molecular flexibility index (Phi) is 6.59. The minimum absolute atomic E-state index is 0.215. The zero-order chi connectivity index (χ0) is 23.2. The highest BCUT2D eigenvalue weighted by Gasteiger charge is 2.13. The lowest BCUT2D eigenvalue weighted by molar-refractivity contribution is -0.115. The summed E-state index contributed by atoms with van der Waals surface area (Å²) in [6.45, 7) is 1.94. The van der Waals surface area contributed by atoms with Crippen molar-refractivity contribution in [3.05, 3.63) is 107 Å². The quantitative estimate of drug-likeness (QED) is 0.424. The van der Waals surface area contributed by atoms with Gasteiger partial charge >= 0.3 is 0 Å². The van der Waals surface area contributed by atoms with Gasteiger partial charge in [-0.3, -0.25) is 14.6 Å². The highest BCUT2D eigenvalue weighted by molar-refractivity contribution is 5.90. The van der Waals surface area contributed by atoms with Crippen molar-refractivity contribution in [1.82, 2.24) is 9.55 Å². The van der Waals surface area contributed by atoms with E-state index in [0.717, 1.165) is 11.1 Å². The molecule has 7 heteroatoms. The molecule has 0 bridgehead atoms. The Labute approximate surface area is 190 Å². The second-order valence-corrected chi connectivity index (χ2v) is 7.38. The topological polar surface area (TPSA) is 73.2 Å². The summed E-state index contributed by atoms with van der Waals surface area (Å²) in [5.41, 5.74) is 2.21. The fourth-order valence-electron chi connectivity index (χ4n) is 3.36. The SMILES string of the molecule is CCC(=O)Nc1ccc(-c2ccccc2)n(Cc2cncc(Oc3ccc(F)cc3)c2)c1=O. The van der Waals surface area contributed by atoms with E-state index >= 15 is 0 Å². The van der Waals surface area contributed by atoms with Gasteiger partial charge in [-0.05, 0) is 53.6 Å². The maximum absolute atomic E-state index is 13.3. The lowest BCUT2D eigenvalue weighted by atomic mass is 10.1. The van der Waals surface area contributed by atoms with E-state index in [4.69, 9.17) is 4.74 Å². The predicted octanol–water partition coefficient (Wildman–Crippen LogP) is 5.24. The molecule has 1 N–H and O–H groups in total. The van der Waals surface area contributed by atoms with Crippen molar-refractivity contribution in [2.24, 2.45) is 0 Å². The molecule has 0 aliphatic heterocycles. The van der Waals surface area contributed by atoms with E-state index < -0.39 is 0 Å². The third-order valence-electron chi connectivity index (χ3n) is 5.00. The maximum Gasteiger partial charge on any atom is 0.275 e. The molecule has 0 aliphatic rings. The monoisotopic (exact) mass is 443 g/mol. The van der Waals surface area contributed by atoms with Crippen molar-refractivity contribution >= 4 is 11.6 Å². The lowest BCUT2D eigenvalue weighted by Crippen LogP contribution is -2.27. The van der Waals surface area contributed by atoms with Crippen LogP contribution >= 0.6 is 0 Å². The van der Waals surface area contributed by atoms with Crippen LogP contribution in [0.5, 0.6) is 11.5 Å². The highest BCUT2D eigenvalue weighted by Crippen LogP contribution is 2.24. The number of carbonyl (C=O) groups is 1. The second-order valence-electron chi connectivity index (χ2n) is 7.38. The van der Waals surface area contributed by atoms with E-state index in [-0.39, 0.29) is 35.9 Å². The van der Waals surface area contributed by atoms with Crippen LogP contribution in [0.25, 0.3) is 11.3 Å². The van der Waals surface area contributed by atoms with Crippen LogP contribution in [-0.4, -0.2) is 15.5 Å². The number of nitrogens with one attached hydrogen (secondary N) is 1.